The van der Waals surface area contributed by atoms with E-state index in [1.54, 1.807) is 0 Å². The Morgan fingerprint density at radius 2 is 2.00 bits per heavy atom. The maximum absolute atomic E-state index is 9.06. The van der Waals surface area contributed by atoms with Crippen molar-refractivity contribution < 1.29 is 9.90 Å². The Morgan fingerprint density at radius 3 is 2.00 bits per heavy atom. The molecule has 8 heavy (non-hydrogen) atoms. The van der Waals surface area contributed by atoms with Crippen LogP contribution in [0.5, 0.6) is 0 Å². The third kappa shape index (κ3) is 43.1. The summed E-state index contributed by atoms with van der Waals surface area (Å²) >= 11 is 3.67. The van der Waals surface area contributed by atoms with E-state index in [1.807, 2.05) is 0 Å². The number of aldehydes is 1. The van der Waals surface area contributed by atoms with Gasteiger partial charge in [-0.25, -0.2) is 0 Å². The lowest BCUT2D eigenvalue weighted by Crippen LogP contribution is -1.76. The first-order chi connectivity index (χ1) is 3.83. The van der Waals surface area contributed by atoms with Crippen LogP contribution in [0.15, 0.2) is 12.7 Å². The van der Waals surface area contributed by atoms with Crippen LogP contribution < -0.4 is 0 Å². The van der Waals surface area contributed by atoms with Crippen LogP contribution in [0, 0.1) is 0 Å². The van der Waals surface area contributed by atoms with Crippen molar-refractivity contribution in [2.45, 2.75) is 0 Å². The maximum atomic E-state index is 9.06. The van der Waals surface area contributed by atoms with E-state index in [0.29, 0.717) is 12.0 Å². The lowest BCUT2D eigenvalue weighted by Gasteiger charge is -1.69. The van der Waals surface area contributed by atoms with E-state index in [2.05, 4.69) is 19.2 Å². The molecule has 0 aromatic heterocycles. The topological polar surface area (TPSA) is 37.3 Å². The van der Waals surface area contributed by atoms with Gasteiger partial charge >= 0.3 is 0 Å². The second-order valence-corrected chi connectivity index (χ2v) is 1.27. The molecule has 1 N–H and O–H groups in total. The summed E-state index contributed by atoms with van der Waals surface area (Å²) < 4.78 is 0. The number of hydrogen-bond donors (Lipinski definition) is 2. The molecule has 0 unspecified atom stereocenters. The van der Waals surface area contributed by atoms with Gasteiger partial charge < -0.3 is 5.11 Å². The van der Waals surface area contributed by atoms with Crippen molar-refractivity contribution in [2.24, 2.45) is 0 Å². The van der Waals surface area contributed by atoms with E-state index in [9.17, 15) is 0 Å². The summed E-state index contributed by atoms with van der Waals surface area (Å²) in [4.78, 5) is 9.06. The Morgan fingerprint density at radius 1 is 1.75 bits per heavy atom. The summed E-state index contributed by atoms with van der Waals surface area (Å²) in [6, 6.07) is 0. The monoisotopic (exact) mass is 134 g/mol. The molecule has 0 aromatic rings. The number of aliphatic hydroxyl groups is 1. The summed E-state index contributed by atoms with van der Waals surface area (Å²) in [5.41, 5.74) is 0. The van der Waals surface area contributed by atoms with Crippen molar-refractivity contribution in [3.63, 3.8) is 0 Å². The molecular weight excluding hydrogens is 124 g/mol. The van der Waals surface area contributed by atoms with E-state index >= 15 is 0 Å². The van der Waals surface area contributed by atoms with Gasteiger partial charge in [-0.3, -0.25) is 4.79 Å². The lowest BCUT2D eigenvalue weighted by molar-refractivity contribution is -0.104. The number of carbonyl (C=O) groups is 1. The van der Waals surface area contributed by atoms with Crippen molar-refractivity contribution in [1.29, 1.82) is 0 Å². The molecule has 0 fully saturated rings. The van der Waals surface area contributed by atoms with Gasteiger partial charge in [-0.05, 0) is 6.08 Å². The highest BCUT2D eigenvalue weighted by Gasteiger charge is 1.57. The Labute approximate surface area is 54.6 Å². The first-order valence-electron chi connectivity index (χ1n) is 2.11. The summed E-state index contributed by atoms with van der Waals surface area (Å²) in [6.07, 6.45) is 1.83. The van der Waals surface area contributed by atoms with Crippen LogP contribution >= 0.6 is 12.6 Å². The molecule has 0 spiro atoms. The average Bonchev–Trinajstić information content (AvgIpc) is 1.88. The van der Waals surface area contributed by atoms with Crippen LogP contribution in [0.4, 0.5) is 0 Å². The predicted octanol–water partition coefficient (Wildman–Crippen LogP) is 0.280. The smallest absolute Gasteiger partial charge is 0.142 e. The Kier molecular flexibility index (Phi) is 21.2. The number of hydrogen-bond acceptors (Lipinski definition) is 3. The molecule has 0 aliphatic heterocycles. The number of carbonyl (C=O) groups excluding carboxylic acids is 1. The summed E-state index contributed by atoms with van der Waals surface area (Å²) in [6.45, 7) is 3.29. The minimum atomic E-state index is 0.184. The van der Waals surface area contributed by atoms with Gasteiger partial charge in [0.2, 0.25) is 0 Å². The predicted molar refractivity (Wildman–Crippen MR) is 37.2 cm³/mol. The molecule has 2 nitrogen and oxygen atoms in total. The fraction of sp³-hybridized carbons (Fsp3) is 0.400. The van der Waals surface area contributed by atoms with E-state index in [4.69, 9.17) is 9.90 Å². The minimum absolute atomic E-state index is 0.184. The summed E-state index contributed by atoms with van der Waals surface area (Å²) in [7, 11) is 0. The summed E-state index contributed by atoms with van der Waals surface area (Å²) in [5.74, 6) is 0.569. The van der Waals surface area contributed by atoms with Crippen molar-refractivity contribution in [3.8, 4) is 0 Å². The third-order valence-electron chi connectivity index (χ3n) is 0.196. The molecular formula is C5H10O2S. The molecule has 0 heterocycles. The molecule has 0 radical (unpaired) electrons. The fourth-order valence-electron chi connectivity index (χ4n) is 0. The first kappa shape index (κ1) is 10.7. The second kappa shape index (κ2) is 15.9. The molecule has 0 bridgehead atoms. The van der Waals surface area contributed by atoms with Gasteiger partial charge in [-0.1, -0.05) is 6.58 Å². The van der Waals surface area contributed by atoms with Crippen molar-refractivity contribution in [2.75, 3.05) is 12.4 Å². The van der Waals surface area contributed by atoms with Gasteiger partial charge in [0, 0.05) is 5.75 Å². The fourth-order valence-corrected chi connectivity index (χ4v) is 0. The van der Waals surface area contributed by atoms with Crippen molar-refractivity contribution in [3.05, 3.63) is 12.7 Å². The van der Waals surface area contributed by atoms with Gasteiger partial charge in [-0.2, -0.15) is 12.6 Å². The molecule has 0 aliphatic rings. The van der Waals surface area contributed by atoms with Gasteiger partial charge in [0.05, 0.1) is 6.61 Å². The third-order valence-corrected chi connectivity index (χ3v) is 0.396. The van der Waals surface area contributed by atoms with Gasteiger partial charge in [0.25, 0.3) is 0 Å². The Hall–Kier alpha value is -0.280. The molecule has 0 rings (SSSR count). The van der Waals surface area contributed by atoms with E-state index in [0.717, 1.165) is 0 Å². The van der Waals surface area contributed by atoms with Crippen LogP contribution in [0.1, 0.15) is 0 Å². The van der Waals surface area contributed by atoms with Crippen LogP contribution in [0.3, 0.4) is 0 Å². The molecule has 0 saturated carbocycles. The molecule has 0 atom stereocenters. The molecule has 48 valence electrons. The highest BCUT2D eigenvalue weighted by molar-refractivity contribution is 7.80. The van der Waals surface area contributed by atoms with Crippen LogP contribution in [0.2, 0.25) is 0 Å². The SMILES string of the molecule is C=CC=O.OCCS. The average molecular weight is 134 g/mol. The molecule has 3 heteroatoms. The number of allylic oxidation sites excluding steroid dienone is 1. The molecule has 0 amide bonds. The zero-order valence-electron chi connectivity index (χ0n) is 4.58. The van der Waals surface area contributed by atoms with Crippen LogP contribution in [0.25, 0.3) is 0 Å². The van der Waals surface area contributed by atoms with Gasteiger partial charge in [-0.15, -0.1) is 0 Å². The maximum Gasteiger partial charge on any atom is 0.142 e. The highest BCUT2D eigenvalue weighted by atomic mass is 32.1. The van der Waals surface area contributed by atoms with Gasteiger partial charge in [0.1, 0.15) is 6.29 Å². The van der Waals surface area contributed by atoms with Crippen LogP contribution in [-0.4, -0.2) is 23.8 Å². The molecule has 0 aliphatic carbocycles. The summed E-state index contributed by atoms with van der Waals surface area (Å²) in [5, 5.41) is 7.80. The Balaban J connectivity index is 0. The van der Waals surface area contributed by atoms with Gasteiger partial charge in [0.15, 0.2) is 0 Å². The largest absolute Gasteiger partial charge is 0.396 e. The standard InChI is InChI=1S/C3H4O.C2H6OS/c1-2-3-4;3-1-2-4/h2-3H,1H2;3-4H,1-2H2. The van der Waals surface area contributed by atoms with Crippen LogP contribution in [-0.2, 0) is 4.79 Å². The van der Waals surface area contributed by atoms with E-state index in [-0.39, 0.29) is 6.61 Å². The van der Waals surface area contributed by atoms with Crippen molar-refractivity contribution in [1.82, 2.24) is 0 Å². The molecule has 0 saturated heterocycles. The lowest BCUT2D eigenvalue weighted by atomic mass is 10.8. The zero-order chi connectivity index (χ0) is 6.83. The van der Waals surface area contributed by atoms with Crippen molar-refractivity contribution >= 4 is 18.9 Å². The Bertz CT molecular complexity index is 46.4. The molecule has 0 aromatic carbocycles. The normalized spacial score (nSPS) is 6.25. The zero-order valence-corrected chi connectivity index (χ0v) is 5.47. The number of rotatable bonds is 2. The number of thiol groups is 1. The quantitative estimate of drug-likeness (QED) is 0.323. The minimum Gasteiger partial charge on any atom is -0.396 e. The van der Waals surface area contributed by atoms with E-state index in [1.165, 1.54) is 6.08 Å². The number of aliphatic hydroxyl groups excluding tert-OH is 1. The highest BCUT2D eigenvalue weighted by Crippen LogP contribution is 1.61. The first-order valence-corrected chi connectivity index (χ1v) is 2.74. The van der Waals surface area contributed by atoms with E-state index < -0.39 is 0 Å². The second-order valence-electron chi connectivity index (χ2n) is 0.819.